The van der Waals surface area contributed by atoms with Gasteiger partial charge in [-0.1, -0.05) is 36.3 Å². The van der Waals surface area contributed by atoms with E-state index in [1.807, 2.05) is 0 Å². The molecular formula is C15H16FN3OS. The molecule has 1 aromatic heterocycles. The van der Waals surface area contributed by atoms with Crippen molar-refractivity contribution in [2.75, 3.05) is 11.1 Å². The molecule has 0 amide bonds. The van der Waals surface area contributed by atoms with Crippen LogP contribution < -0.4 is 11.1 Å². The van der Waals surface area contributed by atoms with Gasteiger partial charge in [-0.15, -0.1) is 0 Å². The van der Waals surface area contributed by atoms with Crippen LogP contribution in [0.2, 0.25) is 0 Å². The number of halogens is 1. The van der Waals surface area contributed by atoms with Crippen LogP contribution in [0.5, 0.6) is 0 Å². The molecule has 1 heterocycles. The molecule has 6 heteroatoms. The Bertz CT molecular complexity index is 665. The number of rotatable bonds is 4. The van der Waals surface area contributed by atoms with E-state index >= 15 is 0 Å². The first-order valence-electron chi connectivity index (χ1n) is 6.97. The Balaban J connectivity index is 1.81. The highest BCUT2D eigenvalue weighted by molar-refractivity contribution is 7.18. The van der Waals surface area contributed by atoms with Crippen LogP contribution in [0, 0.1) is 11.7 Å². The molecule has 0 unspecified atom stereocenters. The predicted octanol–water partition coefficient (Wildman–Crippen LogP) is 3.98. The third-order valence-corrected chi connectivity index (χ3v) is 4.72. The van der Waals surface area contributed by atoms with E-state index in [4.69, 9.17) is 5.73 Å². The van der Waals surface area contributed by atoms with Gasteiger partial charge in [-0.25, -0.2) is 9.37 Å². The average Bonchev–Trinajstić information content (AvgIpc) is 3.10. The monoisotopic (exact) mass is 305 g/mol. The first kappa shape index (κ1) is 14.0. The van der Waals surface area contributed by atoms with Crippen molar-refractivity contribution in [3.05, 3.63) is 35.0 Å². The lowest BCUT2D eigenvalue weighted by Crippen LogP contribution is -2.11. The first-order valence-corrected chi connectivity index (χ1v) is 7.79. The van der Waals surface area contributed by atoms with Crippen molar-refractivity contribution in [2.45, 2.75) is 25.7 Å². The zero-order valence-electron chi connectivity index (χ0n) is 11.4. The summed E-state index contributed by atoms with van der Waals surface area (Å²) in [5.41, 5.74) is 6.17. The summed E-state index contributed by atoms with van der Waals surface area (Å²) in [4.78, 5) is 17.0. The van der Waals surface area contributed by atoms with Gasteiger partial charge in [0.1, 0.15) is 16.5 Å². The Hall–Kier alpha value is -1.95. The summed E-state index contributed by atoms with van der Waals surface area (Å²) >= 11 is 1.19. The van der Waals surface area contributed by atoms with Crippen molar-refractivity contribution in [3.63, 3.8) is 0 Å². The molecule has 3 N–H and O–H groups in total. The number of thiazole rings is 1. The number of nitrogen functional groups attached to an aromatic ring is 1. The van der Waals surface area contributed by atoms with Crippen molar-refractivity contribution in [1.29, 1.82) is 0 Å². The minimum atomic E-state index is -0.366. The van der Waals surface area contributed by atoms with E-state index in [1.54, 1.807) is 18.2 Å². The Morgan fingerprint density at radius 2 is 2.05 bits per heavy atom. The van der Waals surface area contributed by atoms with Gasteiger partial charge in [0.25, 0.3) is 0 Å². The van der Waals surface area contributed by atoms with E-state index in [0.29, 0.717) is 15.7 Å². The number of carbonyl (C=O) groups excluding carboxylic acids is 1. The van der Waals surface area contributed by atoms with E-state index in [2.05, 4.69) is 10.3 Å². The van der Waals surface area contributed by atoms with E-state index in [-0.39, 0.29) is 23.3 Å². The molecule has 0 atom stereocenters. The summed E-state index contributed by atoms with van der Waals surface area (Å²) in [5, 5.41) is 3.32. The summed E-state index contributed by atoms with van der Waals surface area (Å²) in [7, 11) is 0. The number of benzene rings is 1. The third-order valence-electron chi connectivity index (χ3n) is 3.72. The normalized spacial score (nSPS) is 15.3. The number of ketones is 1. The quantitative estimate of drug-likeness (QED) is 0.838. The smallest absolute Gasteiger partial charge is 0.189 e. The molecule has 4 nitrogen and oxygen atoms in total. The molecule has 0 aliphatic heterocycles. The van der Waals surface area contributed by atoms with Gasteiger partial charge in [0.2, 0.25) is 0 Å². The number of hydrogen-bond donors (Lipinski definition) is 2. The van der Waals surface area contributed by atoms with E-state index in [9.17, 15) is 9.18 Å². The fourth-order valence-corrected chi connectivity index (χ4v) is 3.53. The van der Waals surface area contributed by atoms with Crippen LogP contribution in [-0.2, 0) is 0 Å². The number of anilines is 3. The highest BCUT2D eigenvalue weighted by Crippen LogP contribution is 2.34. The maximum atomic E-state index is 13.6. The van der Waals surface area contributed by atoms with Gasteiger partial charge in [-0.2, -0.15) is 0 Å². The maximum Gasteiger partial charge on any atom is 0.189 e. The molecule has 0 spiro atoms. The van der Waals surface area contributed by atoms with Crippen LogP contribution in [0.3, 0.4) is 0 Å². The van der Waals surface area contributed by atoms with Gasteiger partial charge in [0.15, 0.2) is 10.9 Å². The van der Waals surface area contributed by atoms with Crippen LogP contribution in [-0.4, -0.2) is 10.8 Å². The second-order valence-electron chi connectivity index (χ2n) is 5.18. The molecule has 1 fully saturated rings. The molecule has 1 aliphatic carbocycles. The number of hydrogen-bond acceptors (Lipinski definition) is 5. The van der Waals surface area contributed by atoms with E-state index in [1.165, 1.54) is 17.4 Å². The number of carbonyl (C=O) groups is 1. The molecule has 1 saturated carbocycles. The number of nitrogens with zero attached hydrogens (tertiary/aromatic N) is 1. The van der Waals surface area contributed by atoms with Crippen molar-refractivity contribution in [3.8, 4) is 0 Å². The SMILES string of the molecule is Nc1nc(Nc2ccccc2F)sc1C(=O)C1CCCC1. The Morgan fingerprint density at radius 3 is 2.76 bits per heavy atom. The Morgan fingerprint density at radius 1 is 1.33 bits per heavy atom. The first-order chi connectivity index (χ1) is 10.1. The fraction of sp³-hybridized carbons (Fsp3) is 0.333. The zero-order chi connectivity index (χ0) is 14.8. The molecular weight excluding hydrogens is 289 g/mol. The minimum absolute atomic E-state index is 0.0639. The summed E-state index contributed by atoms with van der Waals surface area (Å²) in [6.07, 6.45) is 4.03. The van der Waals surface area contributed by atoms with Crippen molar-refractivity contribution in [1.82, 2.24) is 4.98 Å². The second-order valence-corrected chi connectivity index (χ2v) is 6.18. The van der Waals surface area contributed by atoms with Gasteiger partial charge < -0.3 is 11.1 Å². The number of nitrogens with two attached hydrogens (primary N) is 1. The van der Waals surface area contributed by atoms with Gasteiger partial charge in [-0.05, 0) is 25.0 Å². The molecule has 21 heavy (non-hydrogen) atoms. The standard InChI is InChI=1S/C15H16FN3OS/c16-10-7-3-4-8-11(10)18-15-19-14(17)13(21-15)12(20)9-5-1-2-6-9/h3-4,7-9H,1-2,5-6,17H2,(H,18,19). The van der Waals surface area contributed by atoms with Crippen molar-refractivity contribution >= 4 is 33.8 Å². The largest absolute Gasteiger partial charge is 0.382 e. The molecule has 3 rings (SSSR count). The van der Waals surface area contributed by atoms with Gasteiger partial charge in [0, 0.05) is 5.92 Å². The average molecular weight is 305 g/mol. The summed E-state index contributed by atoms with van der Waals surface area (Å²) in [6, 6.07) is 6.33. The van der Waals surface area contributed by atoms with Crippen LogP contribution in [0.4, 0.5) is 21.0 Å². The zero-order valence-corrected chi connectivity index (χ0v) is 12.3. The van der Waals surface area contributed by atoms with Gasteiger partial charge in [0.05, 0.1) is 5.69 Å². The van der Waals surface area contributed by atoms with Gasteiger partial charge in [-0.3, -0.25) is 4.79 Å². The fourth-order valence-electron chi connectivity index (χ4n) is 2.61. The number of nitrogens with one attached hydrogen (secondary N) is 1. The maximum absolute atomic E-state index is 13.6. The highest BCUT2D eigenvalue weighted by atomic mass is 32.1. The van der Waals surface area contributed by atoms with Crippen molar-refractivity contribution < 1.29 is 9.18 Å². The van der Waals surface area contributed by atoms with Crippen LogP contribution in [0.1, 0.15) is 35.4 Å². The van der Waals surface area contributed by atoms with Crippen LogP contribution in [0.25, 0.3) is 0 Å². The minimum Gasteiger partial charge on any atom is -0.382 e. The number of aromatic nitrogens is 1. The molecule has 0 radical (unpaired) electrons. The topological polar surface area (TPSA) is 68.0 Å². The summed E-state index contributed by atoms with van der Waals surface area (Å²) in [5.74, 6) is 0.00354. The number of Topliss-reactive ketones (excluding diaryl/α,β-unsaturated/α-hetero) is 1. The lowest BCUT2D eigenvalue weighted by atomic mass is 10.0. The van der Waals surface area contributed by atoms with E-state index < -0.39 is 0 Å². The number of para-hydroxylation sites is 1. The molecule has 1 aliphatic rings. The highest BCUT2D eigenvalue weighted by Gasteiger charge is 2.27. The lowest BCUT2D eigenvalue weighted by Gasteiger charge is -2.05. The summed E-state index contributed by atoms with van der Waals surface area (Å²) in [6.45, 7) is 0. The lowest BCUT2D eigenvalue weighted by molar-refractivity contribution is 0.0927. The third kappa shape index (κ3) is 2.90. The van der Waals surface area contributed by atoms with Crippen LogP contribution in [0.15, 0.2) is 24.3 Å². The Kier molecular flexibility index (Phi) is 3.88. The van der Waals surface area contributed by atoms with Crippen LogP contribution >= 0.6 is 11.3 Å². The molecule has 0 bridgehead atoms. The predicted molar refractivity (Wildman–Crippen MR) is 82.5 cm³/mol. The molecule has 1 aromatic carbocycles. The summed E-state index contributed by atoms with van der Waals surface area (Å²) < 4.78 is 13.6. The van der Waals surface area contributed by atoms with E-state index in [0.717, 1.165) is 25.7 Å². The molecule has 0 saturated heterocycles. The Labute approximate surface area is 126 Å². The second kappa shape index (κ2) is 5.81. The molecule has 110 valence electrons. The molecule has 2 aromatic rings. The van der Waals surface area contributed by atoms with Gasteiger partial charge >= 0.3 is 0 Å². The van der Waals surface area contributed by atoms with Crippen molar-refractivity contribution in [2.24, 2.45) is 5.92 Å².